The molecule has 1 heterocycles. The van der Waals surface area contributed by atoms with Gasteiger partial charge in [-0.15, -0.1) is 0 Å². The molecule has 1 amide bonds. The van der Waals surface area contributed by atoms with Crippen molar-refractivity contribution in [2.75, 3.05) is 13.1 Å². The lowest BCUT2D eigenvalue weighted by Gasteiger charge is -2.28. The normalized spacial score (nSPS) is 25.9. The van der Waals surface area contributed by atoms with Gasteiger partial charge < -0.3 is 5.11 Å². The van der Waals surface area contributed by atoms with Gasteiger partial charge in [0.15, 0.2) is 0 Å². The van der Waals surface area contributed by atoms with Crippen molar-refractivity contribution in [3.05, 3.63) is 0 Å². The maximum absolute atomic E-state index is 11.5. The van der Waals surface area contributed by atoms with Crippen LogP contribution in [0.5, 0.6) is 0 Å². The summed E-state index contributed by atoms with van der Waals surface area (Å²) in [4.78, 5) is 11.5. The van der Waals surface area contributed by atoms with E-state index in [1.54, 1.807) is 6.92 Å². The minimum absolute atomic E-state index is 0.262. The van der Waals surface area contributed by atoms with E-state index in [9.17, 15) is 9.90 Å². The van der Waals surface area contributed by atoms with Crippen molar-refractivity contribution < 1.29 is 9.90 Å². The van der Waals surface area contributed by atoms with Crippen LogP contribution in [-0.4, -0.2) is 46.3 Å². The highest BCUT2D eigenvalue weighted by Crippen LogP contribution is 2.31. The highest BCUT2D eigenvalue weighted by atomic mass is 16.3. The van der Waals surface area contributed by atoms with Crippen molar-refractivity contribution in [1.29, 1.82) is 0 Å². The molecule has 0 spiro atoms. The Labute approximate surface area is 84.5 Å². The van der Waals surface area contributed by atoms with Gasteiger partial charge in [-0.1, -0.05) is 0 Å². The summed E-state index contributed by atoms with van der Waals surface area (Å²) in [5.74, 6) is 0.262. The van der Waals surface area contributed by atoms with Crippen LogP contribution >= 0.6 is 0 Å². The first-order valence-corrected chi connectivity index (χ1v) is 5.43. The number of amides is 1. The second-order valence-corrected chi connectivity index (χ2v) is 4.31. The summed E-state index contributed by atoms with van der Waals surface area (Å²) in [6.45, 7) is 3.43. The summed E-state index contributed by atoms with van der Waals surface area (Å²) in [5.41, 5.74) is 0. The molecule has 1 aliphatic carbocycles. The molecule has 2 aliphatic rings. The van der Waals surface area contributed by atoms with Gasteiger partial charge in [0.05, 0.1) is 6.10 Å². The lowest BCUT2D eigenvalue weighted by atomic mass is 10.3. The van der Waals surface area contributed by atoms with Gasteiger partial charge in [-0.25, -0.2) is 5.01 Å². The van der Waals surface area contributed by atoms with E-state index in [0.29, 0.717) is 12.5 Å². The first kappa shape index (κ1) is 9.93. The highest BCUT2D eigenvalue weighted by Gasteiger charge is 2.39. The fraction of sp³-hybridized carbons (Fsp3) is 0.900. The lowest BCUT2D eigenvalue weighted by molar-refractivity contribution is -0.139. The van der Waals surface area contributed by atoms with Crippen molar-refractivity contribution in [2.24, 2.45) is 0 Å². The molecule has 1 aliphatic heterocycles. The average molecular weight is 198 g/mol. The second-order valence-electron chi connectivity index (χ2n) is 4.31. The maximum atomic E-state index is 11.5. The standard InChI is InChI=1S/C10H18N2O2/c1-8(13)4-6-11-7-5-10(14)12(11)9-2-3-9/h8-9,13H,2-7H2,1H3. The molecule has 4 nitrogen and oxygen atoms in total. The van der Waals surface area contributed by atoms with E-state index in [-0.39, 0.29) is 12.0 Å². The molecule has 0 aromatic carbocycles. The minimum Gasteiger partial charge on any atom is -0.393 e. The van der Waals surface area contributed by atoms with Crippen LogP contribution in [0.1, 0.15) is 32.6 Å². The molecule has 0 radical (unpaired) electrons. The van der Waals surface area contributed by atoms with Crippen LogP contribution in [0.3, 0.4) is 0 Å². The number of carbonyl (C=O) groups is 1. The van der Waals surface area contributed by atoms with Gasteiger partial charge in [-0.3, -0.25) is 9.80 Å². The largest absolute Gasteiger partial charge is 0.393 e. The van der Waals surface area contributed by atoms with Gasteiger partial charge in [-0.2, -0.15) is 0 Å². The zero-order chi connectivity index (χ0) is 10.1. The number of carbonyl (C=O) groups excluding carboxylic acids is 1. The molecule has 0 aromatic rings. The Hall–Kier alpha value is -0.610. The number of hydrogen-bond acceptors (Lipinski definition) is 3. The first-order valence-electron chi connectivity index (χ1n) is 5.43. The number of hydrazine groups is 1. The molecule has 1 saturated heterocycles. The van der Waals surface area contributed by atoms with Crippen LogP contribution in [0.2, 0.25) is 0 Å². The minimum atomic E-state index is -0.272. The summed E-state index contributed by atoms with van der Waals surface area (Å²) in [5, 5.41) is 13.2. The van der Waals surface area contributed by atoms with Crippen LogP contribution in [0, 0.1) is 0 Å². The SMILES string of the molecule is CC(O)CCN1CCC(=O)N1C1CC1. The van der Waals surface area contributed by atoms with Crippen LogP contribution in [0.15, 0.2) is 0 Å². The number of nitrogens with zero attached hydrogens (tertiary/aromatic N) is 2. The zero-order valence-electron chi connectivity index (χ0n) is 8.65. The van der Waals surface area contributed by atoms with E-state index in [2.05, 4.69) is 5.01 Å². The predicted octanol–water partition coefficient (Wildman–Crippen LogP) is 0.369. The Kier molecular flexibility index (Phi) is 2.74. The summed E-state index contributed by atoms with van der Waals surface area (Å²) in [6.07, 6.45) is 3.42. The van der Waals surface area contributed by atoms with Crippen LogP contribution < -0.4 is 0 Å². The molecule has 2 rings (SSSR count). The third-order valence-electron chi connectivity index (χ3n) is 2.84. The number of aliphatic hydroxyl groups is 1. The summed E-state index contributed by atoms with van der Waals surface area (Å²) >= 11 is 0. The fourth-order valence-electron chi connectivity index (χ4n) is 1.91. The van der Waals surface area contributed by atoms with Gasteiger partial charge in [0.25, 0.3) is 0 Å². The Morgan fingerprint density at radius 2 is 2.29 bits per heavy atom. The van der Waals surface area contributed by atoms with Gasteiger partial charge in [-0.05, 0) is 26.2 Å². The smallest absolute Gasteiger partial charge is 0.238 e. The van der Waals surface area contributed by atoms with Crippen molar-refractivity contribution in [2.45, 2.75) is 44.8 Å². The summed E-state index contributed by atoms with van der Waals surface area (Å²) in [6, 6.07) is 0.471. The molecule has 1 saturated carbocycles. The molecule has 0 aromatic heterocycles. The highest BCUT2D eigenvalue weighted by molar-refractivity contribution is 5.78. The van der Waals surface area contributed by atoms with Crippen LogP contribution in [0.4, 0.5) is 0 Å². The second kappa shape index (κ2) is 3.87. The Morgan fingerprint density at radius 3 is 2.86 bits per heavy atom. The lowest BCUT2D eigenvalue weighted by Crippen LogP contribution is -2.41. The van der Waals surface area contributed by atoms with E-state index < -0.39 is 0 Å². The molecule has 0 bridgehead atoms. The van der Waals surface area contributed by atoms with Gasteiger partial charge in [0.1, 0.15) is 0 Å². The van der Waals surface area contributed by atoms with Gasteiger partial charge in [0.2, 0.25) is 5.91 Å². The van der Waals surface area contributed by atoms with Crippen LogP contribution in [-0.2, 0) is 4.79 Å². The predicted molar refractivity (Wildman–Crippen MR) is 52.4 cm³/mol. The Morgan fingerprint density at radius 1 is 1.57 bits per heavy atom. The molecule has 1 atom stereocenters. The Balaban J connectivity index is 1.87. The molecular weight excluding hydrogens is 180 g/mol. The molecule has 1 N–H and O–H groups in total. The van der Waals surface area contributed by atoms with Crippen LogP contribution in [0.25, 0.3) is 0 Å². The van der Waals surface area contributed by atoms with Crippen molar-refractivity contribution >= 4 is 5.91 Å². The average Bonchev–Trinajstić information content (AvgIpc) is 2.88. The molecule has 14 heavy (non-hydrogen) atoms. The molecule has 80 valence electrons. The topological polar surface area (TPSA) is 43.8 Å². The number of aliphatic hydroxyl groups excluding tert-OH is 1. The van der Waals surface area contributed by atoms with Crippen molar-refractivity contribution in [3.8, 4) is 0 Å². The molecule has 4 heteroatoms. The molecule has 2 fully saturated rings. The monoisotopic (exact) mass is 198 g/mol. The van der Waals surface area contributed by atoms with E-state index in [1.165, 1.54) is 0 Å². The first-order chi connectivity index (χ1) is 6.68. The van der Waals surface area contributed by atoms with Gasteiger partial charge in [0, 0.05) is 25.6 Å². The third-order valence-corrected chi connectivity index (χ3v) is 2.84. The van der Waals surface area contributed by atoms with E-state index in [4.69, 9.17) is 0 Å². The zero-order valence-corrected chi connectivity index (χ0v) is 8.65. The van der Waals surface area contributed by atoms with Crippen molar-refractivity contribution in [3.63, 3.8) is 0 Å². The fourth-order valence-corrected chi connectivity index (χ4v) is 1.91. The van der Waals surface area contributed by atoms with Crippen molar-refractivity contribution in [1.82, 2.24) is 10.0 Å². The van der Waals surface area contributed by atoms with E-state index >= 15 is 0 Å². The molecule has 1 unspecified atom stereocenters. The van der Waals surface area contributed by atoms with Gasteiger partial charge >= 0.3 is 0 Å². The van der Waals surface area contributed by atoms with E-state index in [1.807, 2.05) is 5.01 Å². The summed E-state index contributed by atoms with van der Waals surface area (Å²) in [7, 11) is 0. The third kappa shape index (κ3) is 2.07. The Bertz CT molecular complexity index is 226. The number of rotatable bonds is 4. The molecular formula is C10H18N2O2. The maximum Gasteiger partial charge on any atom is 0.238 e. The summed E-state index contributed by atoms with van der Waals surface area (Å²) < 4.78 is 0. The number of hydrogen-bond donors (Lipinski definition) is 1. The quantitative estimate of drug-likeness (QED) is 0.709. The van der Waals surface area contributed by atoms with E-state index in [0.717, 1.165) is 32.4 Å².